The highest BCUT2D eigenvalue weighted by Gasteiger charge is 2.17. The molecule has 164 valence electrons. The van der Waals surface area contributed by atoms with Gasteiger partial charge in [-0.2, -0.15) is 5.10 Å². The van der Waals surface area contributed by atoms with E-state index < -0.39 is 5.91 Å². The van der Waals surface area contributed by atoms with Gasteiger partial charge in [0, 0.05) is 11.6 Å². The summed E-state index contributed by atoms with van der Waals surface area (Å²) in [6.07, 6.45) is 1.71. The van der Waals surface area contributed by atoms with Gasteiger partial charge in [0.25, 0.3) is 11.5 Å². The summed E-state index contributed by atoms with van der Waals surface area (Å²) in [7, 11) is 0. The Hall–Kier alpha value is -3.61. The molecule has 0 saturated heterocycles. The topological polar surface area (TPSA) is 79.3 Å². The number of fused-ring (bicyclic) bond motifs is 2. The summed E-state index contributed by atoms with van der Waals surface area (Å²) in [6.45, 7) is 1.83. The van der Waals surface area contributed by atoms with Gasteiger partial charge in [-0.15, -0.1) is 0 Å². The van der Waals surface area contributed by atoms with E-state index in [1.165, 1.54) is 10.6 Å². The molecule has 0 saturated carbocycles. The Kier molecular flexibility index (Phi) is 5.40. The van der Waals surface area contributed by atoms with Gasteiger partial charge in [0.15, 0.2) is 5.69 Å². The Balaban J connectivity index is 1.45. The fourth-order valence-electron chi connectivity index (χ4n) is 3.75. The maximum atomic E-state index is 12.8. The fourth-order valence-corrected chi connectivity index (χ4v) is 4.06. The lowest BCUT2D eigenvalue weighted by atomic mass is 10.1. The van der Waals surface area contributed by atoms with Gasteiger partial charge in [0.2, 0.25) is 0 Å². The molecule has 2 aromatic heterocycles. The van der Waals surface area contributed by atoms with E-state index in [0.29, 0.717) is 15.7 Å². The fraction of sp³-hybridized carbons (Fsp3) is 0.0800. The van der Waals surface area contributed by atoms with Crippen LogP contribution in [0.15, 0.2) is 77.7 Å². The van der Waals surface area contributed by atoms with Crippen molar-refractivity contribution in [3.63, 3.8) is 0 Å². The minimum Gasteiger partial charge on any atom is -0.344 e. The molecule has 1 atom stereocenters. The Labute approximate surface area is 198 Å². The van der Waals surface area contributed by atoms with Crippen LogP contribution >= 0.6 is 23.2 Å². The monoisotopic (exact) mass is 476 g/mol. The molecule has 0 fully saturated rings. The zero-order chi connectivity index (χ0) is 23.1. The number of aromatic amines is 1. The first-order valence-electron chi connectivity index (χ1n) is 10.3. The lowest BCUT2D eigenvalue weighted by Gasteiger charge is -2.14. The van der Waals surface area contributed by atoms with E-state index in [1.54, 1.807) is 24.4 Å². The second kappa shape index (κ2) is 8.39. The highest BCUT2D eigenvalue weighted by atomic mass is 35.5. The zero-order valence-electron chi connectivity index (χ0n) is 17.5. The first-order valence-corrected chi connectivity index (χ1v) is 11.0. The van der Waals surface area contributed by atoms with Crippen LogP contribution in [0.5, 0.6) is 0 Å². The van der Waals surface area contributed by atoms with Crippen LogP contribution in [0.1, 0.15) is 29.0 Å². The lowest BCUT2D eigenvalue weighted by molar-refractivity contribution is 0.0934. The molecule has 0 aliphatic rings. The van der Waals surface area contributed by atoms with Crippen molar-refractivity contribution in [1.82, 2.24) is 19.9 Å². The van der Waals surface area contributed by atoms with Gasteiger partial charge in [-0.3, -0.25) is 9.59 Å². The molecule has 8 heteroatoms. The molecule has 0 aliphatic heterocycles. The third-order valence-corrected chi connectivity index (χ3v) is 6.29. The van der Waals surface area contributed by atoms with Crippen LogP contribution in [0.4, 0.5) is 0 Å². The average molecular weight is 477 g/mol. The molecule has 0 bridgehead atoms. The number of nitrogens with one attached hydrogen (secondary N) is 2. The van der Waals surface area contributed by atoms with Crippen molar-refractivity contribution in [3.8, 4) is 11.3 Å². The van der Waals surface area contributed by atoms with E-state index in [9.17, 15) is 9.59 Å². The summed E-state index contributed by atoms with van der Waals surface area (Å²) in [4.78, 5) is 28.4. The number of aromatic nitrogens is 3. The predicted octanol–water partition coefficient (Wildman–Crippen LogP) is 5.64. The standard InChI is InChI=1S/C25H18Cl2N4O2/c1-14(16-8-9-19(26)20(27)11-16)28-24(32)21-12-23-25(33)29-22(13-31(23)30-21)18-7-6-15-4-2-3-5-17(15)10-18/h2-14H,1H3,(H,28,32)(H,29,33). The number of carbonyl (C=O) groups excluding carboxylic acids is 1. The van der Waals surface area contributed by atoms with Gasteiger partial charge in [-0.05, 0) is 41.5 Å². The van der Waals surface area contributed by atoms with E-state index in [2.05, 4.69) is 15.4 Å². The SMILES string of the molecule is CC(NC(=O)c1cc2c(=O)[nH]c(-c3ccc4ccccc4c3)cn2n1)c1ccc(Cl)c(Cl)c1. The van der Waals surface area contributed by atoms with Gasteiger partial charge in [-0.1, -0.05) is 65.7 Å². The van der Waals surface area contributed by atoms with Crippen LogP contribution < -0.4 is 10.9 Å². The number of carbonyl (C=O) groups is 1. The summed E-state index contributed by atoms with van der Waals surface area (Å²) in [6, 6.07) is 20.3. The summed E-state index contributed by atoms with van der Waals surface area (Å²) in [5.41, 5.74) is 2.36. The minimum atomic E-state index is -0.399. The second-order valence-electron chi connectivity index (χ2n) is 7.79. The first kappa shape index (κ1) is 21.2. The quantitative estimate of drug-likeness (QED) is 0.352. The van der Waals surface area contributed by atoms with E-state index in [1.807, 2.05) is 49.4 Å². The van der Waals surface area contributed by atoms with Crippen LogP contribution in [-0.2, 0) is 0 Å². The van der Waals surface area contributed by atoms with Crippen molar-refractivity contribution in [1.29, 1.82) is 0 Å². The van der Waals surface area contributed by atoms with E-state index in [-0.39, 0.29) is 22.8 Å². The number of amides is 1. The van der Waals surface area contributed by atoms with Crippen LogP contribution in [-0.4, -0.2) is 20.5 Å². The summed E-state index contributed by atoms with van der Waals surface area (Å²) in [5.74, 6) is -0.399. The largest absolute Gasteiger partial charge is 0.344 e. The smallest absolute Gasteiger partial charge is 0.274 e. The maximum Gasteiger partial charge on any atom is 0.274 e. The average Bonchev–Trinajstić information content (AvgIpc) is 3.25. The molecule has 0 aliphatic carbocycles. The van der Waals surface area contributed by atoms with Gasteiger partial charge in [-0.25, -0.2) is 4.52 Å². The third-order valence-electron chi connectivity index (χ3n) is 5.55. The molecular formula is C25H18Cl2N4O2. The highest BCUT2D eigenvalue weighted by Crippen LogP contribution is 2.26. The molecule has 6 nitrogen and oxygen atoms in total. The molecule has 5 rings (SSSR count). The van der Waals surface area contributed by atoms with Crippen molar-refractivity contribution in [2.75, 3.05) is 0 Å². The zero-order valence-corrected chi connectivity index (χ0v) is 19.0. The molecule has 0 radical (unpaired) electrons. The normalized spacial score (nSPS) is 12.2. The van der Waals surface area contributed by atoms with Crippen LogP contribution in [0.25, 0.3) is 27.5 Å². The summed E-state index contributed by atoms with van der Waals surface area (Å²) in [5, 5.41) is 10.2. The molecule has 2 N–H and O–H groups in total. The molecule has 2 heterocycles. The highest BCUT2D eigenvalue weighted by molar-refractivity contribution is 6.42. The van der Waals surface area contributed by atoms with Crippen LogP contribution in [0.2, 0.25) is 10.0 Å². The van der Waals surface area contributed by atoms with Gasteiger partial charge in [0.1, 0.15) is 5.52 Å². The Bertz CT molecular complexity index is 1590. The summed E-state index contributed by atoms with van der Waals surface area (Å²) < 4.78 is 1.43. The number of benzene rings is 3. The Morgan fingerprint density at radius 3 is 2.58 bits per heavy atom. The number of nitrogens with zero attached hydrogens (tertiary/aromatic N) is 2. The molecule has 1 amide bonds. The van der Waals surface area contributed by atoms with Crippen molar-refractivity contribution >= 4 is 45.4 Å². The minimum absolute atomic E-state index is 0.142. The number of halogens is 2. The van der Waals surface area contributed by atoms with Crippen molar-refractivity contribution < 1.29 is 4.79 Å². The van der Waals surface area contributed by atoms with E-state index in [0.717, 1.165) is 21.9 Å². The van der Waals surface area contributed by atoms with Crippen molar-refractivity contribution in [2.24, 2.45) is 0 Å². The molecule has 0 spiro atoms. The second-order valence-corrected chi connectivity index (χ2v) is 8.60. The molecule has 1 unspecified atom stereocenters. The Morgan fingerprint density at radius 1 is 1.00 bits per heavy atom. The maximum absolute atomic E-state index is 12.8. The molecule has 33 heavy (non-hydrogen) atoms. The van der Waals surface area contributed by atoms with Crippen LogP contribution in [0, 0.1) is 0 Å². The van der Waals surface area contributed by atoms with Crippen LogP contribution in [0.3, 0.4) is 0 Å². The first-order chi connectivity index (χ1) is 15.9. The van der Waals surface area contributed by atoms with Gasteiger partial charge < -0.3 is 10.3 Å². The van der Waals surface area contributed by atoms with Gasteiger partial charge in [0.05, 0.1) is 28.0 Å². The van der Waals surface area contributed by atoms with E-state index in [4.69, 9.17) is 23.2 Å². The summed E-state index contributed by atoms with van der Waals surface area (Å²) >= 11 is 12.0. The number of hydrogen-bond acceptors (Lipinski definition) is 3. The number of hydrogen-bond donors (Lipinski definition) is 2. The third kappa shape index (κ3) is 4.11. The van der Waals surface area contributed by atoms with Gasteiger partial charge >= 0.3 is 0 Å². The number of H-pyrrole nitrogens is 1. The Morgan fingerprint density at radius 2 is 1.79 bits per heavy atom. The predicted molar refractivity (Wildman–Crippen MR) is 131 cm³/mol. The molecule has 5 aromatic rings. The van der Waals surface area contributed by atoms with Crippen molar-refractivity contribution in [2.45, 2.75) is 13.0 Å². The van der Waals surface area contributed by atoms with E-state index >= 15 is 0 Å². The molecular weight excluding hydrogens is 459 g/mol. The molecule has 3 aromatic carbocycles. The number of rotatable bonds is 4. The van der Waals surface area contributed by atoms with Crippen molar-refractivity contribution in [3.05, 3.63) is 105 Å². The lowest BCUT2D eigenvalue weighted by Crippen LogP contribution is -2.27.